The van der Waals surface area contributed by atoms with Crippen LogP contribution in [0.4, 0.5) is 4.79 Å². The highest BCUT2D eigenvalue weighted by molar-refractivity contribution is 5.83. The van der Waals surface area contributed by atoms with E-state index in [9.17, 15) is 14.4 Å². The van der Waals surface area contributed by atoms with Gasteiger partial charge in [0, 0.05) is 19.0 Å². The SMILES string of the molecule is CCCN(C(=O)N[C@H](CCC(N)=O)C(=O)O)C1CC1. The Bertz CT molecular complexity index is 355. The fraction of sp³-hybridized carbons (Fsp3) is 0.750. The fourth-order valence-electron chi connectivity index (χ4n) is 1.85. The number of nitrogens with one attached hydrogen (secondary N) is 1. The standard InChI is InChI=1S/C12H21N3O4/c1-2-7-15(8-3-4-8)12(19)14-9(11(17)18)5-6-10(13)16/h8-9H,2-7H2,1H3,(H2,13,16)(H,14,19)(H,17,18)/t9-/m1/s1. The van der Waals surface area contributed by atoms with Crippen molar-refractivity contribution in [2.45, 2.75) is 51.1 Å². The quantitative estimate of drug-likeness (QED) is 0.588. The minimum atomic E-state index is -1.15. The minimum absolute atomic E-state index is 0.0149. The number of nitrogens with zero attached hydrogens (tertiary/aromatic N) is 1. The lowest BCUT2D eigenvalue weighted by molar-refractivity contribution is -0.139. The van der Waals surface area contributed by atoms with Gasteiger partial charge in [-0.3, -0.25) is 4.79 Å². The number of primary amides is 1. The van der Waals surface area contributed by atoms with E-state index >= 15 is 0 Å². The molecule has 1 fully saturated rings. The van der Waals surface area contributed by atoms with Gasteiger partial charge in [-0.1, -0.05) is 6.92 Å². The molecule has 0 bridgehead atoms. The van der Waals surface area contributed by atoms with E-state index in [1.807, 2.05) is 6.92 Å². The molecular formula is C12H21N3O4. The lowest BCUT2D eigenvalue weighted by atomic mass is 10.1. The van der Waals surface area contributed by atoms with Crippen molar-refractivity contribution < 1.29 is 19.5 Å². The maximum Gasteiger partial charge on any atom is 0.326 e. The molecule has 0 aromatic carbocycles. The molecule has 0 saturated heterocycles. The van der Waals surface area contributed by atoms with Crippen LogP contribution >= 0.6 is 0 Å². The van der Waals surface area contributed by atoms with Gasteiger partial charge in [0.25, 0.3) is 0 Å². The molecule has 0 heterocycles. The van der Waals surface area contributed by atoms with E-state index in [1.165, 1.54) is 0 Å². The normalized spacial score (nSPS) is 15.6. The van der Waals surface area contributed by atoms with Crippen LogP contribution in [-0.2, 0) is 9.59 Å². The van der Waals surface area contributed by atoms with Gasteiger partial charge in [0.1, 0.15) is 6.04 Å². The summed E-state index contributed by atoms with van der Waals surface area (Å²) in [6, 6.07) is -1.22. The topological polar surface area (TPSA) is 113 Å². The van der Waals surface area contributed by atoms with Crippen LogP contribution in [0, 0.1) is 0 Å². The van der Waals surface area contributed by atoms with E-state index in [2.05, 4.69) is 5.32 Å². The number of hydrogen-bond acceptors (Lipinski definition) is 3. The molecular weight excluding hydrogens is 250 g/mol. The van der Waals surface area contributed by atoms with Gasteiger partial charge in [0.05, 0.1) is 0 Å². The van der Waals surface area contributed by atoms with Crippen LogP contribution in [-0.4, -0.2) is 46.5 Å². The maximum absolute atomic E-state index is 12.0. The third-order valence-corrected chi connectivity index (χ3v) is 2.99. The predicted molar refractivity (Wildman–Crippen MR) is 68.4 cm³/mol. The van der Waals surface area contributed by atoms with Gasteiger partial charge >= 0.3 is 12.0 Å². The third-order valence-electron chi connectivity index (χ3n) is 2.99. The number of aliphatic carboxylic acids is 1. The molecule has 0 radical (unpaired) electrons. The van der Waals surface area contributed by atoms with E-state index in [-0.39, 0.29) is 24.9 Å². The van der Waals surface area contributed by atoms with E-state index in [4.69, 9.17) is 10.8 Å². The van der Waals surface area contributed by atoms with Crippen molar-refractivity contribution in [1.82, 2.24) is 10.2 Å². The lowest BCUT2D eigenvalue weighted by Gasteiger charge is -2.24. The third kappa shape index (κ3) is 5.15. The van der Waals surface area contributed by atoms with Crippen molar-refractivity contribution in [2.24, 2.45) is 5.73 Å². The number of carboxylic acids is 1. The maximum atomic E-state index is 12.0. The zero-order valence-electron chi connectivity index (χ0n) is 11.1. The summed E-state index contributed by atoms with van der Waals surface area (Å²) >= 11 is 0. The number of urea groups is 1. The van der Waals surface area contributed by atoms with Crippen molar-refractivity contribution in [1.29, 1.82) is 0 Å². The Kier molecular flexibility index (Phi) is 5.59. The largest absolute Gasteiger partial charge is 0.480 e. The Morgan fingerprint density at radius 3 is 2.47 bits per heavy atom. The second-order valence-electron chi connectivity index (χ2n) is 4.77. The Morgan fingerprint density at radius 1 is 1.42 bits per heavy atom. The summed E-state index contributed by atoms with van der Waals surface area (Å²) in [6.45, 7) is 2.57. The molecule has 0 aromatic heterocycles. The summed E-state index contributed by atoms with van der Waals surface area (Å²) < 4.78 is 0. The van der Waals surface area contributed by atoms with Gasteiger partial charge in [0.15, 0.2) is 0 Å². The number of hydrogen-bond donors (Lipinski definition) is 3. The molecule has 1 saturated carbocycles. The number of carbonyl (C=O) groups is 3. The smallest absolute Gasteiger partial charge is 0.326 e. The Hall–Kier alpha value is -1.79. The first-order valence-electron chi connectivity index (χ1n) is 6.54. The Morgan fingerprint density at radius 2 is 2.05 bits per heavy atom. The van der Waals surface area contributed by atoms with Gasteiger partial charge in [-0.05, 0) is 25.7 Å². The van der Waals surface area contributed by atoms with Crippen LogP contribution in [0.2, 0.25) is 0 Å². The zero-order valence-corrected chi connectivity index (χ0v) is 11.1. The zero-order chi connectivity index (χ0) is 14.4. The molecule has 0 unspecified atom stereocenters. The van der Waals surface area contributed by atoms with E-state index in [1.54, 1.807) is 4.90 Å². The van der Waals surface area contributed by atoms with Crippen LogP contribution in [0.5, 0.6) is 0 Å². The molecule has 0 spiro atoms. The molecule has 0 aliphatic heterocycles. The summed E-state index contributed by atoms with van der Waals surface area (Å²) in [6.07, 6.45) is 2.71. The number of amides is 3. The van der Waals surface area contributed by atoms with Crippen molar-refractivity contribution in [3.8, 4) is 0 Å². The predicted octanol–water partition coefficient (Wildman–Crippen LogP) is 0.289. The van der Waals surface area contributed by atoms with Crippen LogP contribution in [0.1, 0.15) is 39.0 Å². The second kappa shape index (κ2) is 6.96. The highest BCUT2D eigenvalue weighted by atomic mass is 16.4. The average molecular weight is 271 g/mol. The molecule has 7 heteroatoms. The van der Waals surface area contributed by atoms with Crippen LogP contribution in [0.3, 0.4) is 0 Å². The minimum Gasteiger partial charge on any atom is -0.480 e. The molecule has 1 aliphatic carbocycles. The molecule has 1 aliphatic rings. The fourth-order valence-corrected chi connectivity index (χ4v) is 1.85. The number of carboxylic acid groups (broad SMARTS) is 1. The van der Waals surface area contributed by atoms with Crippen molar-refractivity contribution in [3.05, 3.63) is 0 Å². The molecule has 7 nitrogen and oxygen atoms in total. The summed E-state index contributed by atoms with van der Waals surface area (Å²) in [7, 11) is 0. The number of rotatable bonds is 8. The summed E-state index contributed by atoms with van der Waals surface area (Å²) in [4.78, 5) is 35.4. The first kappa shape index (κ1) is 15.3. The highest BCUT2D eigenvalue weighted by Gasteiger charge is 2.33. The number of carbonyl (C=O) groups excluding carboxylic acids is 2. The molecule has 4 N–H and O–H groups in total. The Balaban J connectivity index is 2.53. The van der Waals surface area contributed by atoms with Gasteiger partial charge in [-0.15, -0.1) is 0 Å². The Labute approximate surface area is 112 Å². The van der Waals surface area contributed by atoms with Gasteiger partial charge < -0.3 is 21.1 Å². The molecule has 0 aromatic rings. The summed E-state index contributed by atoms with van der Waals surface area (Å²) in [5.74, 6) is -1.73. The van der Waals surface area contributed by atoms with Crippen molar-refractivity contribution in [2.75, 3.05) is 6.54 Å². The summed E-state index contributed by atoms with van der Waals surface area (Å²) in [5, 5.41) is 11.5. The molecule has 1 atom stereocenters. The summed E-state index contributed by atoms with van der Waals surface area (Å²) in [5.41, 5.74) is 4.98. The first-order valence-corrected chi connectivity index (χ1v) is 6.54. The number of nitrogens with two attached hydrogens (primary N) is 1. The lowest BCUT2D eigenvalue weighted by Crippen LogP contribution is -2.49. The van der Waals surface area contributed by atoms with Gasteiger partial charge in [-0.25, -0.2) is 9.59 Å². The molecule has 3 amide bonds. The average Bonchev–Trinajstić information content (AvgIpc) is 3.14. The van der Waals surface area contributed by atoms with Gasteiger partial charge in [-0.2, -0.15) is 0 Å². The van der Waals surface area contributed by atoms with E-state index in [0.29, 0.717) is 6.54 Å². The first-order chi connectivity index (χ1) is 8.95. The monoisotopic (exact) mass is 271 g/mol. The molecule has 108 valence electrons. The van der Waals surface area contributed by atoms with Crippen LogP contribution in [0.15, 0.2) is 0 Å². The highest BCUT2D eigenvalue weighted by Crippen LogP contribution is 2.27. The molecule has 19 heavy (non-hydrogen) atoms. The van der Waals surface area contributed by atoms with Crippen LogP contribution < -0.4 is 11.1 Å². The van der Waals surface area contributed by atoms with Crippen molar-refractivity contribution in [3.63, 3.8) is 0 Å². The second-order valence-corrected chi connectivity index (χ2v) is 4.77. The van der Waals surface area contributed by atoms with Gasteiger partial charge in [0.2, 0.25) is 5.91 Å². The van der Waals surface area contributed by atoms with Crippen molar-refractivity contribution >= 4 is 17.9 Å². The van der Waals surface area contributed by atoms with E-state index in [0.717, 1.165) is 19.3 Å². The molecule has 1 rings (SSSR count). The van der Waals surface area contributed by atoms with Crippen LogP contribution in [0.25, 0.3) is 0 Å². The van der Waals surface area contributed by atoms with E-state index < -0.39 is 17.9 Å².